The van der Waals surface area contributed by atoms with Gasteiger partial charge < -0.3 is 14.3 Å². The summed E-state index contributed by atoms with van der Waals surface area (Å²) in [4.78, 5) is 28.1. The van der Waals surface area contributed by atoms with Gasteiger partial charge in [-0.1, -0.05) is 42.1 Å². The van der Waals surface area contributed by atoms with Crippen molar-refractivity contribution >= 4 is 23.5 Å². The van der Waals surface area contributed by atoms with Crippen LogP contribution in [0.15, 0.2) is 35.5 Å². The molecule has 0 radical (unpaired) electrons. The van der Waals surface area contributed by atoms with Gasteiger partial charge >= 0.3 is 5.97 Å². The second kappa shape index (κ2) is 8.65. The van der Waals surface area contributed by atoms with E-state index < -0.39 is 11.2 Å². The number of hydrogen-bond acceptors (Lipinski definition) is 6. The number of methoxy groups -OCH3 is 1. The van der Waals surface area contributed by atoms with E-state index in [9.17, 15) is 9.59 Å². The highest BCUT2D eigenvalue weighted by Gasteiger charge is 2.27. The van der Waals surface area contributed by atoms with Gasteiger partial charge in [0.25, 0.3) is 0 Å². The molecule has 0 spiro atoms. The number of benzene rings is 1. The predicted octanol–water partition coefficient (Wildman–Crippen LogP) is 3.73. The van der Waals surface area contributed by atoms with E-state index in [1.165, 1.54) is 18.9 Å². The van der Waals surface area contributed by atoms with E-state index in [2.05, 4.69) is 15.2 Å². The average Bonchev–Trinajstić information content (AvgIpc) is 3.20. The van der Waals surface area contributed by atoms with Gasteiger partial charge in [0.2, 0.25) is 0 Å². The van der Waals surface area contributed by atoms with Gasteiger partial charge in [0.1, 0.15) is 5.82 Å². The Labute approximate surface area is 173 Å². The number of H-pyrrole nitrogens is 1. The van der Waals surface area contributed by atoms with E-state index in [4.69, 9.17) is 4.74 Å². The normalized spacial score (nSPS) is 12.0. The number of aromatic amines is 1. The lowest BCUT2D eigenvalue weighted by atomic mass is 10.1. The van der Waals surface area contributed by atoms with Crippen LogP contribution in [0.1, 0.15) is 50.4 Å². The van der Waals surface area contributed by atoms with Crippen LogP contribution in [0.25, 0.3) is 0 Å². The zero-order chi connectivity index (χ0) is 21.1. The molecule has 1 N–H and O–H groups in total. The lowest BCUT2D eigenvalue weighted by molar-refractivity contribution is 0.0599. The molecule has 2 aromatic heterocycles. The summed E-state index contributed by atoms with van der Waals surface area (Å²) < 4.78 is 6.82. The monoisotopic (exact) mass is 412 g/mol. The van der Waals surface area contributed by atoms with Gasteiger partial charge in [0.05, 0.1) is 30.2 Å². The van der Waals surface area contributed by atoms with Crippen molar-refractivity contribution in [2.75, 3.05) is 7.11 Å². The summed E-state index contributed by atoms with van der Waals surface area (Å²) in [6.07, 6.45) is 0. The van der Waals surface area contributed by atoms with Gasteiger partial charge in [-0.3, -0.25) is 4.79 Å². The third-order valence-corrected chi connectivity index (χ3v) is 5.89. The number of esters is 1. The summed E-state index contributed by atoms with van der Waals surface area (Å²) in [6.45, 7) is 7.87. The molecule has 0 bridgehead atoms. The van der Waals surface area contributed by atoms with Gasteiger partial charge in [-0.05, 0) is 38.8 Å². The number of carbonyl (C=O) groups excluding carboxylic acids is 2. The van der Waals surface area contributed by atoms with Crippen LogP contribution in [0.5, 0.6) is 0 Å². The van der Waals surface area contributed by atoms with Crippen LogP contribution in [-0.2, 0) is 11.3 Å². The van der Waals surface area contributed by atoms with Crippen molar-refractivity contribution in [3.05, 3.63) is 64.2 Å². The largest absolute Gasteiger partial charge is 0.465 e. The van der Waals surface area contributed by atoms with Gasteiger partial charge in [-0.2, -0.15) is 0 Å². The zero-order valence-electron chi connectivity index (χ0n) is 17.1. The lowest BCUT2D eigenvalue weighted by Crippen LogP contribution is -2.17. The third-order valence-electron chi connectivity index (χ3n) is 4.81. The number of carbonyl (C=O) groups is 2. The van der Waals surface area contributed by atoms with Crippen LogP contribution >= 0.6 is 11.8 Å². The van der Waals surface area contributed by atoms with Crippen molar-refractivity contribution in [2.24, 2.45) is 0 Å². The molecule has 8 heteroatoms. The van der Waals surface area contributed by atoms with Crippen LogP contribution in [0, 0.1) is 20.8 Å². The Hall–Kier alpha value is -2.87. The number of hydrogen-bond donors (Lipinski definition) is 1. The van der Waals surface area contributed by atoms with E-state index in [1.807, 2.05) is 48.7 Å². The summed E-state index contributed by atoms with van der Waals surface area (Å²) in [5.74, 6) is 0.238. The minimum atomic E-state index is -0.450. The molecule has 3 rings (SSSR count). The molecule has 0 aliphatic carbocycles. The minimum absolute atomic E-state index is 0.0994. The number of aromatic nitrogens is 4. The van der Waals surface area contributed by atoms with E-state index >= 15 is 0 Å². The van der Waals surface area contributed by atoms with Crippen LogP contribution in [0.4, 0.5) is 0 Å². The minimum Gasteiger partial charge on any atom is -0.465 e. The molecule has 7 nitrogen and oxygen atoms in total. The van der Waals surface area contributed by atoms with Crippen molar-refractivity contribution in [2.45, 2.75) is 44.6 Å². The third kappa shape index (κ3) is 4.27. The number of thioether (sulfide) groups is 1. The smallest absolute Gasteiger partial charge is 0.339 e. The Kier molecular flexibility index (Phi) is 6.22. The number of ketones is 1. The maximum atomic E-state index is 13.1. The van der Waals surface area contributed by atoms with E-state index in [1.54, 1.807) is 13.8 Å². The average molecular weight is 413 g/mol. The molecule has 2 heterocycles. The van der Waals surface area contributed by atoms with Crippen LogP contribution in [-0.4, -0.2) is 43.9 Å². The lowest BCUT2D eigenvalue weighted by Gasteiger charge is -2.12. The Bertz CT molecular complexity index is 1040. The molecule has 0 amide bonds. The molecular formula is C21H24N4O3S. The Morgan fingerprint density at radius 2 is 1.86 bits per heavy atom. The number of aryl methyl sites for hydroxylation is 2. The first kappa shape index (κ1) is 20.9. The number of rotatable bonds is 7. The zero-order valence-corrected chi connectivity index (χ0v) is 18.0. The van der Waals surface area contributed by atoms with Crippen molar-refractivity contribution < 1.29 is 14.3 Å². The van der Waals surface area contributed by atoms with E-state index in [0.717, 1.165) is 11.4 Å². The number of nitrogens with one attached hydrogen (secondary N) is 1. The van der Waals surface area contributed by atoms with Gasteiger partial charge in [0.15, 0.2) is 10.9 Å². The SMILES string of the molecule is COC(=O)c1c(C)[nH]c(C(=O)[C@H](C)Sc2nnc(C)n2Cc2ccccc2)c1C. The topological polar surface area (TPSA) is 89.9 Å². The Morgan fingerprint density at radius 3 is 2.52 bits per heavy atom. The van der Waals surface area contributed by atoms with Crippen LogP contribution in [0.2, 0.25) is 0 Å². The van der Waals surface area contributed by atoms with Crippen LogP contribution < -0.4 is 0 Å². The summed E-state index contributed by atoms with van der Waals surface area (Å²) >= 11 is 1.35. The first-order valence-corrected chi connectivity index (χ1v) is 10.1. The summed E-state index contributed by atoms with van der Waals surface area (Å²) in [7, 11) is 1.33. The molecular weight excluding hydrogens is 388 g/mol. The van der Waals surface area contributed by atoms with E-state index in [0.29, 0.717) is 34.2 Å². The van der Waals surface area contributed by atoms with Crippen molar-refractivity contribution in [1.29, 1.82) is 0 Å². The molecule has 1 aromatic carbocycles. The van der Waals surface area contributed by atoms with Crippen molar-refractivity contribution in [1.82, 2.24) is 19.7 Å². The fourth-order valence-electron chi connectivity index (χ4n) is 3.22. The highest BCUT2D eigenvalue weighted by atomic mass is 32.2. The first-order valence-electron chi connectivity index (χ1n) is 9.25. The molecule has 1 atom stereocenters. The van der Waals surface area contributed by atoms with Crippen LogP contribution in [0.3, 0.4) is 0 Å². The Balaban J connectivity index is 1.82. The molecule has 0 saturated heterocycles. The van der Waals surface area contributed by atoms with Gasteiger partial charge in [0, 0.05) is 5.69 Å². The fraction of sp³-hybridized carbons (Fsp3) is 0.333. The van der Waals surface area contributed by atoms with Crippen molar-refractivity contribution in [3.8, 4) is 0 Å². The second-order valence-corrected chi connectivity index (χ2v) is 8.15. The summed E-state index contributed by atoms with van der Waals surface area (Å²) in [6, 6.07) is 10.0. The maximum Gasteiger partial charge on any atom is 0.339 e. The highest BCUT2D eigenvalue weighted by Crippen LogP contribution is 2.28. The molecule has 29 heavy (non-hydrogen) atoms. The molecule has 0 saturated carbocycles. The standard InChI is InChI=1S/C21H24N4O3S/c1-12-17(20(27)28-5)13(2)22-18(12)19(26)14(3)29-21-24-23-15(4)25(21)11-16-9-7-6-8-10-16/h6-10,14,22H,11H2,1-5H3/t14-/m0/s1. The molecule has 0 aliphatic rings. The molecule has 0 unspecified atom stereocenters. The molecule has 0 aliphatic heterocycles. The Morgan fingerprint density at radius 1 is 1.17 bits per heavy atom. The van der Waals surface area contributed by atoms with Gasteiger partial charge in [-0.15, -0.1) is 10.2 Å². The van der Waals surface area contributed by atoms with E-state index in [-0.39, 0.29) is 5.78 Å². The number of Topliss-reactive ketones (excluding diaryl/α,β-unsaturated/α-hetero) is 1. The fourth-order valence-corrected chi connectivity index (χ4v) is 4.17. The number of nitrogens with zero attached hydrogens (tertiary/aromatic N) is 3. The second-order valence-electron chi connectivity index (χ2n) is 6.84. The number of ether oxygens (including phenoxy) is 1. The van der Waals surface area contributed by atoms with Gasteiger partial charge in [-0.25, -0.2) is 4.79 Å². The molecule has 152 valence electrons. The van der Waals surface area contributed by atoms with Crippen molar-refractivity contribution in [3.63, 3.8) is 0 Å². The highest BCUT2D eigenvalue weighted by molar-refractivity contribution is 8.00. The predicted molar refractivity (Wildman–Crippen MR) is 112 cm³/mol. The molecule has 3 aromatic rings. The maximum absolute atomic E-state index is 13.1. The summed E-state index contributed by atoms with van der Waals surface area (Å²) in [5, 5.41) is 8.71. The molecule has 0 fully saturated rings. The quantitative estimate of drug-likeness (QED) is 0.361. The first-order chi connectivity index (χ1) is 13.8. The summed E-state index contributed by atoms with van der Waals surface area (Å²) in [5.41, 5.74) is 3.20.